The summed E-state index contributed by atoms with van der Waals surface area (Å²) in [5, 5.41) is 5.83. The molecule has 0 radical (unpaired) electrons. The van der Waals surface area contributed by atoms with E-state index in [1.807, 2.05) is 54.6 Å². The van der Waals surface area contributed by atoms with Crippen LogP contribution < -0.4 is 15.4 Å². The average Bonchev–Trinajstić information content (AvgIpc) is 2.81. The third-order valence-electron chi connectivity index (χ3n) is 5.29. The summed E-state index contributed by atoms with van der Waals surface area (Å²) in [6, 6.07) is 17.3. The Labute approximate surface area is 196 Å². The summed E-state index contributed by atoms with van der Waals surface area (Å²) in [6.45, 7) is 6.96. The van der Waals surface area contributed by atoms with Crippen LogP contribution in [-0.2, 0) is 16.2 Å². The molecule has 2 amide bonds. The molecule has 0 heterocycles. The first kappa shape index (κ1) is 25.8. The van der Waals surface area contributed by atoms with Gasteiger partial charge in [-0.1, -0.05) is 63.4 Å². The topological polar surface area (TPSA) is 67.4 Å². The van der Waals surface area contributed by atoms with E-state index in [0.29, 0.717) is 24.8 Å². The molecular formula is C26H36N2O3S. The molecule has 5 nitrogen and oxygen atoms in total. The Morgan fingerprint density at radius 1 is 1.03 bits per heavy atom. The Hall–Kier alpha value is -2.47. The summed E-state index contributed by atoms with van der Waals surface area (Å²) in [5.74, 6) is 1.43. The van der Waals surface area contributed by atoms with Crippen LogP contribution in [0.1, 0.15) is 52.0 Å². The van der Waals surface area contributed by atoms with Crippen molar-refractivity contribution < 1.29 is 14.3 Å². The second-order valence-electron chi connectivity index (χ2n) is 7.97. The Morgan fingerprint density at radius 3 is 2.38 bits per heavy atom. The average molecular weight is 457 g/mol. The van der Waals surface area contributed by atoms with Crippen LogP contribution in [0.2, 0.25) is 0 Å². The molecule has 2 aromatic carbocycles. The number of amides is 2. The molecule has 6 heteroatoms. The van der Waals surface area contributed by atoms with Crippen LogP contribution in [0.5, 0.6) is 5.75 Å². The van der Waals surface area contributed by atoms with E-state index >= 15 is 0 Å². The Bertz CT molecular complexity index is 812. The first-order valence-electron chi connectivity index (χ1n) is 11.5. The monoisotopic (exact) mass is 456 g/mol. The molecule has 0 fully saturated rings. The molecule has 2 aromatic rings. The molecule has 0 aliphatic heterocycles. The van der Waals surface area contributed by atoms with Gasteiger partial charge in [-0.05, 0) is 42.2 Å². The van der Waals surface area contributed by atoms with Crippen molar-refractivity contribution in [3.05, 3.63) is 60.2 Å². The van der Waals surface area contributed by atoms with E-state index in [0.717, 1.165) is 35.5 Å². The molecule has 2 N–H and O–H groups in total. The molecule has 0 aliphatic carbocycles. The lowest BCUT2D eigenvalue weighted by atomic mass is 9.99. The number of rotatable bonds is 14. The van der Waals surface area contributed by atoms with Gasteiger partial charge in [-0.3, -0.25) is 9.59 Å². The van der Waals surface area contributed by atoms with Gasteiger partial charge in [0.15, 0.2) is 0 Å². The van der Waals surface area contributed by atoms with Crippen molar-refractivity contribution in [2.45, 2.75) is 64.0 Å². The number of benzene rings is 2. The van der Waals surface area contributed by atoms with E-state index in [2.05, 4.69) is 24.5 Å². The molecule has 0 bridgehead atoms. The van der Waals surface area contributed by atoms with E-state index in [4.69, 9.17) is 4.74 Å². The minimum Gasteiger partial charge on any atom is -0.489 e. The molecule has 32 heavy (non-hydrogen) atoms. The minimum atomic E-state index is -0.560. The van der Waals surface area contributed by atoms with Gasteiger partial charge in [-0.25, -0.2) is 0 Å². The van der Waals surface area contributed by atoms with E-state index in [1.165, 1.54) is 13.3 Å². The maximum Gasteiger partial charge on any atom is 0.243 e. The van der Waals surface area contributed by atoms with Gasteiger partial charge < -0.3 is 15.4 Å². The number of hydrogen-bond acceptors (Lipinski definition) is 4. The lowest BCUT2D eigenvalue weighted by Gasteiger charge is -2.20. The van der Waals surface area contributed by atoms with Crippen molar-refractivity contribution in [3.8, 4) is 5.75 Å². The maximum atomic E-state index is 12.7. The molecule has 0 spiro atoms. The molecule has 2 atom stereocenters. The van der Waals surface area contributed by atoms with E-state index in [9.17, 15) is 9.59 Å². The van der Waals surface area contributed by atoms with Crippen molar-refractivity contribution in [3.63, 3.8) is 0 Å². The van der Waals surface area contributed by atoms with Gasteiger partial charge in [0.25, 0.3) is 0 Å². The molecule has 2 rings (SSSR count). The molecule has 0 saturated heterocycles. The van der Waals surface area contributed by atoms with Crippen molar-refractivity contribution in [2.75, 3.05) is 12.3 Å². The number of carbonyl (C=O) groups is 2. The number of nitrogens with one attached hydrogen (secondary N) is 2. The molecular weight excluding hydrogens is 420 g/mol. The summed E-state index contributed by atoms with van der Waals surface area (Å²) in [7, 11) is 0. The maximum absolute atomic E-state index is 12.7. The molecule has 174 valence electrons. The van der Waals surface area contributed by atoms with Gasteiger partial charge >= 0.3 is 0 Å². The third kappa shape index (κ3) is 9.77. The van der Waals surface area contributed by atoms with Crippen LogP contribution in [0.4, 0.5) is 0 Å². The predicted octanol–water partition coefficient (Wildman–Crippen LogP) is 5.20. The predicted molar refractivity (Wildman–Crippen MR) is 132 cm³/mol. The minimum absolute atomic E-state index is 0.120. The summed E-state index contributed by atoms with van der Waals surface area (Å²) in [5.41, 5.74) is 1.12. The molecule has 0 aromatic heterocycles. The van der Waals surface area contributed by atoms with Gasteiger partial charge in [0.05, 0.1) is 0 Å². The lowest BCUT2D eigenvalue weighted by molar-refractivity contribution is -0.127. The fourth-order valence-corrected chi connectivity index (χ4v) is 4.21. The highest BCUT2D eigenvalue weighted by atomic mass is 32.2. The van der Waals surface area contributed by atoms with Crippen molar-refractivity contribution in [1.29, 1.82) is 0 Å². The van der Waals surface area contributed by atoms with E-state index in [1.54, 1.807) is 11.8 Å². The van der Waals surface area contributed by atoms with Crippen molar-refractivity contribution in [1.82, 2.24) is 10.6 Å². The lowest BCUT2D eigenvalue weighted by Crippen LogP contribution is -2.48. The number of hydrogen-bond donors (Lipinski definition) is 2. The Kier molecular flexibility index (Phi) is 11.7. The van der Waals surface area contributed by atoms with Gasteiger partial charge in [-0.2, -0.15) is 0 Å². The molecule has 0 aliphatic rings. The van der Waals surface area contributed by atoms with Crippen LogP contribution in [0.15, 0.2) is 59.5 Å². The van der Waals surface area contributed by atoms with Gasteiger partial charge in [0, 0.05) is 24.1 Å². The highest BCUT2D eigenvalue weighted by Gasteiger charge is 2.20. The highest BCUT2D eigenvalue weighted by molar-refractivity contribution is 7.99. The number of unbranched alkanes of at least 4 members (excludes halogenated alkanes) is 1. The first-order valence-corrected chi connectivity index (χ1v) is 12.4. The van der Waals surface area contributed by atoms with Crippen LogP contribution >= 0.6 is 11.8 Å². The zero-order chi connectivity index (χ0) is 23.2. The standard InChI is InChI=1S/C26H36N2O3S/c1-4-6-10-21(5-2)17-27-26(30)25(28-20(3)29)19-32-24-15-13-23(14-16-24)31-18-22-11-8-7-9-12-22/h7-9,11-16,21,25H,4-6,10,17-19H2,1-3H3,(H,27,30)(H,28,29). The molecule has 2 unspecified atom stereocenters. The fourth-order valence-electron chi connectivity index (χ4n) is 3.29. The van der Waals surface area contributed by atoms with Crippen LogP contribution in [0, 0.1) is 5.92 Å². The quantitative estimate of drug-likeness (QED) is 0.384. The zero-order valence-electron chi connectivity index (χ0n) is 19.4. The Morgan fingerprint density at radius 2 is 1.75 bits per heavy atom. The van der Waals surface area contributed by atoms with Crippen LogP contribution in [-0.4, -0.2) is 30.2 Å². The van der Waals surface area contributed by atoms with Gasteiger partial charge in [0.2, 0.25) is 11.8 Å². The van der Waals surface area contributed by atoms with E-state index in [-0.39, 0.29) is 11.8 Å². The van der Waals surface area contributed by atoms with E-state index < -0.39 is 6.04 Å². The number of ether oxygens (including phenoxy) is 1. The van der Waals surface area contributed by atoms with Gasteiger partial charge in [0.1, 0.15) is 18.4 Å². The van der Waals surface area contributed by atoms with Gasteiger partial charge in [-0.15, -0.1) is 11.8 Å². The summed E-state index contributed by atoms with van der Waals surface area (Å²) >= 11 is 1.54. The first-order chi connectivity index (χ1) is 15.5. The highest BCUT2D eigenvalue weighted by Crippen LogP contribution is 2.23. The Balaban J connectivity index is 1.84. The summed E-state index contributed by atoms with van der Waals surface area (Å²) < 4.78 is 5.83. The fraction of sp³-hybridized carbons (Fsp3) is 0.462. The van der Waals surface area contributed by atoms with Crippen molar-refractivity contribution in [2.24, 2.45) is 5.92 Å². The summed E-state index contributed by atoms with van der Waals surface area (Å²) in [6.07, 6.45) is 4.49. The number of carbonyl (C=O) groups excluding carboxylic acids is 2. The second kappa shape index (κ2) is 14.6. The SMILES string of the molecule is CCCCC(CC)CNC(=O)C(CSc1ccc(OCc2ccccc2)cc1)NC(C)=O. The van der Waals surface area contributed by atoms with Crippen molar-refractivity contribution >= 4 is 23.6 Å². The third-order valence-corrected chi connectivity index (χ3v) is 6.40. The zero-order valence-corrected chi connectivity index (χ0v) is 20.3. The smallest absolute Gasteiger partial charge is 0.243 e. The van der Waals surface area contributed by atoms with Crippen LogP contribution in [0.3, 0.4) is 0 Å². The summed E-state index contributed by atoms with van der Waals surface area (Å²) in [4.78, 5) is 25.4. The molecule has 0 saturated carbocycles. The van der Waals surface area contributed by atoms with Crippen LogP contribution in [0.25, 0.3) is 0 Å². The normalized spacial score (nSPS) is 12.6. The number of thioether (sulfide) groups is 1. The second-order valence-corrected chi connectivity index (χ2v) is 9.06. The largest absolute Gasteiger partial charge is 0.489 e.